The highest BCUT2D eigenvalue weighted by molar-refractivity contribution is 5.93. The summed E-state index contributed by atoms with van der Waals surface area (Å²) in [5.41, 5.74) is 0.175. The van der Waals surface area contributed by atoms with Gasteiger partial charge in [-0.2, -0.15) is 5.26 Å². The number of carboxylic acids is 1. The van der Waals surface area contributed by atoms with E-state index in [0.717, 1.165) is 6.07 Å². The molecule has 94 valence electrons. The van der Waals surface area contributed by atoms with E-state index in [9.17, 15) is 9.18 Å². The molecule has 0 aliphatic carbocycles. The molecule has 6 heteroatoms. The van der Waals surface area contributed by atoms with Crippen LogP contribution >= 0.6 is 0 Å². The van der Waals surface area contributed by atoms with Crippen LogP contribution in [0.2, 0.25) is 0 Å². The molecule has 0 saturated heterocycles. The van der Waals surface area contributed by atoms with Crippen molar-refractivity contribution in [3.8, 4) is 6.07 Å². The van der Waals surface area contributed by atoms with Crippen LogP contribution in [0.25, 0.3) is 0 Å². The molecule has 2 aromatic rings. The third-order valence-electron chi connectivity index (χ3n) is 2.39. The smallest absolute Gasteiger partial charge is 0.339 e. The molecule has 0 saturated carbocycles. The number of anilines is 2. The van der Waals surface area contributed by atoms with Gasteiger partial charge in [-0.3, -0.25) is 0 Å². The molecule has 2 N–H and O–H groups in total. The van der Waals surface area contributed by atoms with Gasteiger partial charge in [-0.15, -0.1) is 0 Å². The third-order valence-corrected chi connectivity index (χ3v) is 2.39. The predicted molar refractivity (Wildman–Crippen MR) is 65.6 cm³/mol. The Morgan fingerprint density at radius 3 is 2.84 bits per heavy atom. The van der Waals surface area contributed by atoms with Crippen LogP contribution in [0.15, 0.2) is 36.5 Å². The Bertz CT molecular complexity index is 680. The van der Waals surface area contributed by atoms with Crippen LogP contribution in [0.4, 0.5) is 15.9 Å². The van der Waals surface area contributed by atoms with Crippen molar-refractivity contribution in [1.29, 1.82) is 5.26 Å². The first-order valence-corrected chi connectivity index (χ1v) is 5.27. The minimum absolute atomic E-state index is 0.0404. The van der Waals surface area contributed by atoms with Gasteiger partial charge in [0.15, 0.2) is 0 Å². The van der Waals surface area contributed by atoms with E-state index < -0.39 is 11.8 Å². The van der Waals surface area contributed by atoms with E-state index in [1.807, 2.05) is 6.07 Å². The van der Waals surface area contributed by atoms with Crippen molar-refractivity contribution in [3.63, 3.8) is 0 Å². The van der Waals surface area contributed by atoms with Crippen LogP contribution in [0.5, 0.6) is 0 Å². The molecule has 0 spiro atoms. The van der Waals surface area contributed by atoms with Crippen molar-refractivity contribution >= 4 is 17.5 Å². The molecule has 0 aliphatic rings. The molecular formula is C13H8FN3O2. The normalized spacial score (nSPS) is 9.68. The topological polar surface area (TPSA) is 86.0 Å². The summed E-state index contributed by atoms with van der Waals surface area (Å²) < 4.78 is 13.7. The van der Waals surface area contributed by atoms with Crippen molar-refractivity contribution in [3.05, 3.63) is 53.5 Å². The zero-order valence-electron chi connectivity index (χ0n) is 9.59. The molecule has 0 unspecified atom stereocenters. The molecule has 0 amide bonds. The Labute approximate surface area is 108 Å². The summed E-state index contributed by atoms with van der Waals surface area (Å²) in [4.78, 5) is 14.8. The van der Waals surface area contributed by atoms with Gasteiger partial charge in [0, 0.05) is 6.20 Å². The summed E-state index contributed by atoms with van der Waals surface area (Å²) >= 11 is 0. The number of aromatic carboxylic acids is 1. The van der Waals surface area contributed by atoms with Crippen molar-refractivity contribution in [1.82, 2.24) is 4.98 Å². The highest BCUT2D eigenvalue weighted by Crippen LogP contribution is 2.21. The van der Waals surface area contributed by atoms with Gasteiger partial charge in [0.25, 0.3) is 0 Å². The van der Waals surface area contributed by atoms with E-state index in [0.29, 0.717) is 0 Å². The fourth-order valence-corrected chi connectivity index (χ4v) is 1.49. The van der Waals surface area contributed by atoms with Crippen molar-refractivity contribution in [2.45, 2.75) is 0 Å². The quantitative estimate of drug-likeness (QED) is 0.882. The highest BCUT2D eigenvalue weighted by Gasteiger charge is 2.12. The Morgan fingerprint density at radius 1 is 1.42 bits per heavy atom. The number of nitriles is 1. The first-order valence-electron chi connectivity index (χ1n) is 5.27. The van der Waals surface area contributed by atoms with Crippen molar-refractivity contribution in [2.24, 2.45) is 0 Å². The molecule has 1 aromatic heterocycles. The van der Waals surface area contributed by atoms with E-state index in [2.05, 4.69) is 10.3 Å². The first-order chi connectivity index (χ1) is 9.11. The number of halogens is 1. The van der Waals surface area contributed by atoms with Crippen LogP contribution in [0.3, 0.4) is 0 Å². The standard InChI is InChI=1S/C13H8FN3O2/c14-10-6-8(7-15)3-4-11(10)17-12-9(13(18)19)2-1-5-16-12/h1-6H,(H,16,17)(H,18,19). The summed E-state index contributed by atoms with van der Waals surface area (Å²) in [7, 11) is 0. The second kappa shape index (κ2) is 5.14. The molecule has 0 fully saturated rings. The van der Waals surface area contributed by atoms with Gasteiger partial charge in [-0.25, -0.2) is 14.2 Å². The number of nitrogens with one attached hydrogen (secondary N) is 1. The summed E-state index contributed by atoms with van der Waals surface area (Å²) in [6.07, 6.45) is 1.40. The number of carbonyl (C=O) groups is 1. The van der Waals surface area contributed by atoms with Crippen LogP contribution in [-0.4, -0.2) is 16.1 Å². The van der Waals surface area contributed by atoms with E-state index >= 15 is 0 Å². The highest BCUT2D eigenvalue weighted by atomic mass is 19.1. The van der Waals surface area contributed by atoms with Crippen LogP contribution in [0.1, 0.15) is 15.9 Å². The van der Waals surface area contributed by atoms with E-state index in [1.54, 1.807) is 0 Å². The molecule has 5 nitrogen and oxygen atoms in total. The summed E-state index contributed by atoms with van der Waals surface area (Å²) in [5, 5.41) is 20.2. The monoisotopic (exact) mass is 257 g/mol. The van der Waals surface area contributed by atoms with Gasteiger partial charge in [-0.1, -0.05) is 0 Å². The minimum Gasteiger partial charge on any atom is -0.478 e. The van der Waals surface area contributed by atoms with Gasteiger partial charge >= 0.3 is 5.97 Å². The average Bonchev–Trinajstić information content (AvgIpc) is 2.41. The maximum absolute atomic E-state index is 13.7. The third kappa shape index (κ3) is 2.66. The lowest BCUT2D eigenvalue weighted by molar-refractivity contribution is 0.0697. The Balaban J connectivity index is 2.37. The molecule has 1 aromatic carbocycles. The number of aromatic nitrogens is 1. The molecule has 0 bridgehead atoms. The van der Waals surface area contributed by atoms with E-state index in [1.165, 1.54) is 30.5 Å². The molecular weight excluding hydrogens is 249 g/mol. The number of benzene rings is 1. The summed E-state index contributed by atoms with van der Waals surface area (Å²) in [6, 6.07) is 8.49. The van der Waals surface area contributed by atoms with Gasteiger partial charge in [0.1, 0.15) is 17.2 Å². The molecule has 0 aliphatic heterocycles. The lowest BCUT2D eigenvalue weighted by Crippen LogP contribution is -2.05. The number of rotatable bonds is 3. The van der Waals surface area contributed by atoms with E-state index in [-0.39, 0.29) is 22.6 Å². The van der Waals surface area contributed by atoms with Crippen LogP contribution in [-0.2, 0) is 0 Å². The van der Waals surface area contributed by atoms with Crippen molar-refractivity contribution in [2.75, 3.05) is 5.32 Å². The SMILES string of the molecule is N#Cc1ccc(Nc2ncccc2C(=O)O)c(F)c1. The van der Waals surface area contributed by atoms with Crippen LogP contribution < -0.4 is 5.32 Å². The maximum Gasteiger partial charge on any atom is 0.339 e. The number of nitrogens with zero attached hydrogens (tertiary/aromatic N) is 2. The van der Waals surface area contributed by atoms with Crippen LogP contribution in [0, 0.1) is 17.1 Å². The number of carboxylic acid groups (broad SMARTS) is 1. The molecule has 0 atom stereocenters. The maximum atomic E-state index is 13.7. The summed E-state index contributed by atoms with van der Waals surface area (Å²) in [6.45, 7) is 0. The molecule has 1 heterocycles. The van der Waals surface area contributed by atoms with Gasteiger partial charge in [-0.05, 0) is 30.3 Å². The van der Waals surface area contributed by atoms with Gasteiger partial charge in [0.2, 0.25) is 0 Å². The van der Waals surface area contributed by atoms with Crippen molar-refractivity contribution < 1.29 is 14.3 Å². The van der Waals surface area contributed by atoms with E-state index in [4.69, 9.17) is 10.4 Å². The lowest BCUT2D eigenvalue weighted by atomic mass is 10.2. The molecule has 2 rings (SSSR count). The first kappa shape index (κ1) is 12.5. The number of pyridine rings is 1. The largest absolute Gasteiger partial charge is 0.478 e. The lowest BCUT2D eigenvalue weighted by Gasteiger charge is -2.09. The fourth-order valence-electron chi connectivity index (χ4n) is 1.49. The summed E-state index contributed by atoms with van der Waals surface area (Å²) in [5.74, 6) is -1.77. The Hall–Kier alpha value is -2.94. The van der Waals surface area contributed by atoms with Gasteiger partial charge < -0.3 is 10.4 Å². The van der Waals surface area contributed by atoms with Gasteiger partial charge in [0.05, 0.1) is 17.3 Å². The molecule has 19 heavy (non-hydrogen) atoms. The predicted octanol–water partition coefficient (Wildman–Crippen LogP) is 2.53. The fraction of sp³-hybridized carbons (Fsp3) is 0. The Morgan fingerprint density at radius 2 is 2.21 bits per heavy atom. The molecule has 0 radical (unpaired) electrons. The number of hydrogen-bond donors (Lipinski definition) is 2. The second-order valence-corrected chi connectivity index (χ2v) is 3.64. The minimum atomic E-state index is -1.16. The Kier molecular flexibility index (Phi) is 3.39. The average molecular weight is 257 g/mol. The zero-order chi connectivity index (χ0) is 13.8. The number of hydrogen-bond acceptors (Lipinski definition) is 4. The zero-order valence-corrected chi connectivity index (χ0v) is 9.59. The second-order valence-electron chi connectivity index (χ2n) is 3.64.